The Hall–Kier alpha value is -3.63. The largest absolute Gasteiger partial charge is 0.492 e. The van der Waals surface area contributed by atoms with Gasteiger partial charge in [-0.05, 0) is 48.9 Å². The Bertz CT molecular complexity index is 1180. The van der Waals surface area contributed by atoms with E-state index in [2.05, 4.69) is 5.32 Å². The minimum absolute atomic E-state index is 0.111. The van der Waals surface area contributed by atoms with Gasteiger partial charge in [0.15, 0.2) is 6.10 Å². The van der Waals surface area contributed by atoms with E-state index < -0.39 is 29.7 Å². The summed E-state index contributed by atoms with van der Waals surface area (Å²) < 4.78 is 38.4. The Morgan fingerprint density at radius 2 is 1.76 bits per heavy atom. The lowest BCUT2D eigenvalue weighted by Gasteiger charge is -2.23. The van der Waals surface area contributed by atoms with Gasteiger partial charge in [0, 0.05) is 36.3 Å². The molecule has 1 atom stereocenters. The van der Waals surface area contributed by atoms with E-state index in [4.69, 9.17) is 9.47 Å². The number of nitrogens with one attached hydrogen (secondary N) is 1. The molecule has 0 saturated heterocycles. The number of carboxylic acids is 1. The molecule has 2 N–H and O–H groups in total. The lowest BCUT2D eigenvalue weighted by Crippen LogP contribution is -2.39. The van der Waals surface area contributed by atoms with Gasteiger partial charge in [0.1, 0.15) is 24.0 Å². The third-order valence-electron chi connectivity index (χ3n) is 5.45. The minimum atomic E-state index is -1.02. The van der Waals surface area contributed by atoms with Crippen LogP contribution in [0.25, 0.3) is 0 Å². The molecule has 0 fully saturated rings. The number of benzene rings is 3. The second-order valence-corrected chi connectivity index (χ2v) is 9.35. The third-order valence-corrected chi connectivity index (χ3v) is 6.44. The van der Waals surface area contributed by atoms with Crippen molar-refractivity contribution in [2.45, 2.75) is 24.3 Å². The summed E-state index contributed by atoms with van der Waals surface area (Å²) >= 11 is 1.58. The van der Waals surface area contributed by atoms with Crippen LogP contribution in [0.5, 0.6) is 5.75 Å². The molecule has 10 heteroatoms. The maximum Gasteiger partial charge on any atom is 0.333 e. The number of thioether (sulfide) groups is 1. The van der Waals surface area contributed by atoms with Crippen LogP contribution in [0.3, 0.4) is 0 Å². The van der Waals surface area contributed by atoms with Crippen molar-refractivity contribution in [2.24, 2.45) is 0 Å². The molecule has 0 radical (unpaired) electrons. The zero-order chi connectivity index (χ0) is 27.3. The highest BCUT2D eigenvalue weighted by molar-refractivity contribution is 7.99. The Labute approximate surface area is 224 Å². The molecule has 0 bridgehead atoms. The van der Waals surface area contributed by atoms with Crippen LogP contribution in [0.2, 0.25) is 0 Å². The molecule has 3 aromatic rings. The smallest absolute Gasteiger partial charge is 0.333 e. The summed E-state index contributed by atoms with van der Waals surface area (Å²) in [6, 6.07) is 19.2. The molecule has 1 unspecified atom stereocenters. The number of nitrogens with zero attached hydrogens (tertiary/aromatic N) is 1. The van der Waals surface area contributed by atoms with Gasteiger partial charge in [-0.1, -0.05) is 30.3 Å². The van der Waals surface area contributed by atoms with Crippen molar-refractivity contribution in [3.63, 3.8) is 0 Å². The molecule has 3 rings (SSSR count). The normalized spacial score (nSPS) is 11.6. The average Bonchev–Trinajstić information content (AvgIpc) is 2.90. The molecule has 0 saturated carbocycles. The number of carboxylic acid groups (broad SMARTS) is 1. The zero-order valence-corrected chi connectivity index (χ0v) is 21.8. The van der Waals surface area contributed by atoms with Gasteiger partial charge in [0.25, 0.3) is 0 Å². The number of aliphatic carboxylic acids is 1. The van der Waals surface area contributed by atoms with Gasteiger partial charge < -0.3 is 24.8 Å². The number of halogens is 2. The number of ether oxygens (including phenoxy) is 2. The van der Waals surface area contributed by atoms with Crippen LogP contribution in [-0.4, -0.2) is 60.2 Å². The van der Waals surface area contributed by atoms with Crippen LogP contribution < -0.4 is 10.1 Å². The molecule has 3 aromatic carbocycles. The average molecular weight is 545 g/mol. The molecule has 0 aliphatic heterocycles. The monoisotopic (exact) mass is 544 g/mol. The minimum Gasteiger partial charge on any atom is -0.492 e. The summed E-state index contributed by atoms with van der Waals surface area (Å²) in [4.78, 5) is 26.8. The van der Waals surface area contributed by atoms with Crippen molar-refractivity contribution in [1.29, 1.82) is 0 Å². The van der Waals surface area contributed by atoms with Crippen LogP contribution >= 0.6 is 11.8 Å². The fourth-order valence-electron chi connectivity index (χ4n) is 3.52. The maximum absolute atomic E-state index is 14.1. The van der Waals surface area contributed by atoms with Gasteiger partial charge in [-0.2, -0.15) is 0 Å². The Morgan fingerprint density at radius 3 is 2.42 bits per heavy atom. The van der Waals surface area contributed by atoms with Gasteiger partial charge >= 0.3 is 12.0 Å². The van der Waals surface area contributed by atoms with Gasteiger partial charge in [0.05, 0.1) is 12.2 Å². The number of hydrogen-bond acceptors (Lipinski definition) is 5. The number of rotatable bonds is 14. The molecular weight excluding hydrogens is 514 g/mol. The van der Waals surface area contributed by atoms with Crippen LogP contribution in [0.15, 0.2) is 77.7 Å². The van der Waals surface area contributed by atoms with Crippen molar-refractivity contribution < 1.29 is 33.0 Å². The van der Waals surface area contributed by atoms with Gasteiger partial charge in [-0.15, -0.1) is 11.8 Å². The molecule has 2 amide bonds. The number of hydrogen-bond donors (Lipinski definition) is 2. The zero-order valence-electron chi connectivity index (χ0n) is 20.9. The molecule has 0 aliphatic rings. The lowest BCUT2D eigenvalue weighted by atomic mass is 10.1. The van der Waals surface area contributed by atoms with Crippen molar-refractivity contribution in [3.8, 4) is 5.75 Å². The molecule has 202 valence electrons. The highest BCUT2D eigenvalue weighted by atomic mass is 32.2. The first-order valence-corrected chi connectivity index (χ1v) is 13.1. The third kappa shape index (κ3) is 9.35. The highest BCUT2D eigenvalue weighted by Gasteiger charge is 2.18. The number of anilines is 1. The molecule has 38 heavy (non-hydrogen) atoms. The molecule has 0 heterocycles. The Kier molecular flexibility index (Phi) is 11.4. The van der Waals surface area contributed by atoms with Crippen molar-refractivity contribution >= 4 is 29.4 Å². The molecule has 7 nitrogen and oxygen atoms in total. The predicted molar refractivity (Wildman–Crippen MR) is 143 cm³/mol. The van der Waals surface area contributed by atoms with E-state index in [-0.39, 0.29) is 25.3 Å². The van der Waals surface area contributed by atoms with Crippen LogP contribution in [0.1, 0.15) is 12.5 Å². The van der Waals surface area contributed by atoms with E-state index >= 15 is 0 Å². The summed E-state index contributed by atoms with van der Waals surface area (Å²) in [6.07, 6.45) is -0.685. The summed E-state index contributed by atoms with van der Waals surface area (Å²) in [5.41, 5.74) is 0.679. The first kappa shape index (κ1) is 28.9. The SMILES string of the molecule is CCOC(Cc1ccc(OCCN(CCSc2ccccc2)C(=O)Nc2ccc(F)cc2F)cc1)C(=O)O. The van der Waals surface area contributed by atoms with Gasteiger partial charge in [0.2, 0.25) is 0 Å². The molecule has 0 spiro atoms. The summed E-state index contributed by atoms with van der Waals surface area (Å²) in [7, 11) is 0. The van der Waals surface area contributed by atoms with Crippen LogP contribution in [-0.2, 0) is 16.0 Å². The summed E-state index contributed by atoms with van der Waals surface area (Å²) in [5, 5.41) is 11.8. The number of urea groups is 1. The second kappa shape index (κ2) is 14.9. The summed E-state index contributed by atoms with van der Waals surface area (Å²) in [5.74, 6) is -1.45. The second-order valence-electron chi connectivity index (χ2n) is 8.18. The van der Waals surface area contributed by atoms with E-state index in [1.165, 1.54) is 11.0 Å². The lowest BCUT2D eigenvalue weighted by molar-refractivity contribution is -0.149. The Morgan fingerprint density at radius 1 is 1.03 bits per heavy atom. The molecule has 0 aromatic heterocycles. The van der Waals surface area contributed by atoms with E-state index in [0.717, 1.165) is 16.5 Å². The van der Waals surface area contributed by atoms with Crippen molar-refractivity contribution in [2.75, 3.05) is 37.4 Å². The first-order valence-electron chi connectivity index (χ1n) is 12.1. The summed E-state index contributed by atoms with van der Waals surface area (Å²) in [6.45, 7) is 2.81. The van der Waals surface area contributed by atoms with E-state index in [1.807, 2.05) is 30.3 Å². The van der Waals surface area contributed by atoms with Crippen molar-refractivity contribution in [1.82, 2.24) is 4.90 Å². The van der Waals surface area contributed by atoms with Crippen LogP contribution in [0, 0.1) is 11.6 Å². The first-order chi connectivity index (χ1) is 18.4. The topological polar surface area (TPSA) is 88.1 Å². The van der Waals surface area contributed by atoms with E-state index in [0.29, 0.717) is 30.7 Å². The predicted octanol–water partition coefficient (Wildman–Crippen LogP) is 5.70. The fraction of sp³-hybridized carbons (Fsp3) is 0.286. The quantitative estimate of drug-likeness (QED) is 0.253. The molecule has 0 aliphatic carbocycles. The van der Waals surface area contributed by atoms with Crippen LogP contribution in [0.4, 0.5) is 19.3 Å². The fourth-order valence-corrected chi connectivity index (χ4v) is 4.42. The number of carbonyl (C=O) groups is 2. The Balaban J connectivity index is 1.58. The highest BCUT2D eigenvalue weighted by Crippen LogP contribution is 2.19. The van der Waals surface area contributed by atoms with E-state index in [1.54, 1.807) is 43.0 Å². The van der Waals surface area contributed by atoms with Crippen molar-refractivity contribution in [3.05, 3.63) is 90.0 Å². The van der Waals surface area contributed by atoms with Gasteiger partial charge in [-0.25, -0.2) is 18.4 Å². The maximum atomic E-state index is 14.1. The number of carbonyl (C=O) groups excluding carboxylic acids is 1. The van der Waals surface area contributed by atoms with E-state index in [9.17, 15) is 23.5 Å². The van der Waals surface area contributed by atoms with Gasteiger partial charge in [-0.3, -0.25) is 0 Å². The molecular formula is C28H30F2N2O5S. The standard InChI is InChI=1S/C28H30F2N2O5S/c1-2-36-26(27(33)34)18-20-8-11-22(12-9-20)37-16-14-32(15-17-38-23-6-4-3-5-7-23)28(35)31-25-13-10-21(29)19-24(25)30/h3-13,19,26H,2,14-18H2,1H3,(H,31,35)(H,33,34). The number of amides is 2.